The number of fused-ring (bicyclic) bond motifs is 4. The predicted molar refractivity (Wildman–Crippen MR) is 196 cm³/mol. The van der Waals surface area contributed by atoms with Gasteiger partial charge in [-0.1, -0.05) is 42.5 Å². The molecule has 10 heteroatoms. The van der Waals surface area contributed by atoms with Gasteiger partial charge in [-0.3, -0.25) is 4.79 Å². The van der Waals surface area contributed by atoms with Crippen LogP contribution in [0.2, 0.25) is 5.02 Å². The van der Waals surface area contributed by atoms with Crippen molar-refractivity contribution in [3.63, 3.8) is 0 Å². The fourth-order valence-electron chi connectivity index (χ4n) is 8.69. The molecule has 0 radical (unpaired) electrons. The van der Waals surface area contributed by atoms with E-state index in [0.717, 1.165) is 68.9 Å². The quantitative estimate of drug-likeness (QED) is 0.258. The van der Waals surface area contributed by atoms with Crippen molar-refractivity contribution in [2.75, 3.05) is 37.8 Å². The fraction of sp³-hybridized carbons (Fsp3) is 0.575. The summed E-state index contributed by atoms with van der Waals surface area (Å²) in [5.41, 5.74) is 1.84. The minimum absolute atomic E-state index is 0.0993. The van der Waals surface area contributed by atoms with Crippen LogP contribution >= 0.6 is 11.6 Å². The largest absolute Gasteiger partial charge is 0.490 e. The summed E-state index contributed by atoms with van der Waals surface area (Å²) in [6, 6.07) is 11.4. The molecule has 0 unspecified atom stereocenters. The van der Waals surface area contributed by atoms with Crippen molar-refractivity contribution in [3.05, 3.63) is 70.3 Å². The highest BCUT2D eigenvalue weighted by Gasteiger charge is 2.48. The Morgan fingerprint density at radius 3 is 2.70 bits per heavy atom. The first-order valence-corrected chi connectivity index (χ1v) is 20.2. The Hall–Kier alpha value is -3.03. The highest BCUT2D eigenvalue weighted by Crippen LogP contribution is 2.48. The van der Waals surface area contributed by atoms with Gasteiger partial charge in [-0.2, -0.15) is 0 Å². The number of aryl methyl sites for hydroxylation is 1. The van der Waals surface area contributed by atoms with Crippen LogP contribution in [0.5, 0.6) is 5.75 Å². The second-order valence-corrected chi connectivity index (χ2v) is 17.9. The van der Waals surface area contributed by atoms with Gasteiger partial charge < -0.3 is 19.5 Å². The van der Waals surface area contributed by atoms with Crippen molar-refractivity contribution in [1.29, 1.82) is 0 Å². The number of rotatable bonds is 1. The molecule has 3 aliphatic heterocycles. The van der Waals surface area contributed by atoms with Crippen molar-refractivity contribution in [2.45, 2.75) is 87.9 Å². The lowest BCUT2D eigenvalue weighted by Crippen LogP contribution is -2.52. The number of hydrogen-bond acceptors (Lipinski definition) is 7. The Labute approximate surface area is 302 Å². The first-order chi connectivity index (χ1) is 24.0. The molecule has 2 fully saturated rings. The molecule has 268 valence electrons. The maximum absolute atomic E-state index is 13.5. The molecule has 1 spiro atoms. The van der Waals surface area contributed by atoms with Gasteiger partial charge in [0.25, 0.3) is 5.91 Å². The molecule has 2 aromatic rings. The van der Waals surface area contributed by atoms with Crippen LogP contribution in [-0.4, -0.2) is 63.2 Å². The molecule has 1 saturated carbocycles. The van der Waals surface area contributed by atoms with Gasteiger partial charge in [0, 0.05) is 54.6 Å². The van der Waals surface area contributed by atoms with Crippen LogP contribution in [0.25, 0.3) is 0 Å². The summed E-state index contributed by atoms with van der Waals surface area (Å²) in [5, 5.41) is 12.3. The maximum Gasteiger partial charge on any atom is 0.264 e. The molecule has 50 heavy (non-hydrogen) atoms. The van der Waals surface area contributed by atoms with E-state index in [-0.39, 0.29) is 28.7 Å². The number of allylic oxidation sites excluding steroid dienone is 1. The molecule has 6 atom stereocenters. The monoisotopic (exact) mass is 720 g/mol. The Kier molecular flexibility index (Phi) is 10.0. The number of ether oxygens (including phenoxy) is 2. The molecule has 7 rings (SSSR count). The fourth-order valence-corrected chi connectivity index (χ4v) is 10.2. The number of amides is 1. The van der Waals surface area contributed by atoms with Crippen LogP contribution in [0, 0.1) is 35.5 Å². The zero-order valence-electron chi connectivity index (χ0n) is 29.1. The van der Waals surface area contributed by atoms with Crippen molar-refractivity contribution in [3.8, 4) is 17.6 Å². The predicted octanol–water partition coefficient (Wildman–Crippen LogP) is 6.43. The van der Waals surface area contributed by atoms with E-state index >= 15 is 0 Å². The van der Waals surface area contributed by atoms with E-state index in [4.69, 9.17) is 21.1 Å². The topological polar surface area (TPSA) is 105 Å². The van der Waals surface area contributed by atoms with Crippen molar-refractivity contribution < 1.29 is 27.8 Å². The Morgan fingerprint density at radius 1 is 1.10 bits per heavy atom. The molecule has 2 bridgehead atoms. The van der Waals surface area contributed by atoms with Crippen LogP contribution in [0.1, 0.15) is 86.7 Å². The van der Waals surface area contributed by atoms with Crippen molar-refractivity contribution >= 4 is 33.2 Å². The smallest absolute Gasteiger partial charge is 0.264 e. The highest BCUT2D eigenvalue weighted by molar-refractivity contribution is 7.90. The van der Waals surface area contributed by atoms with E-state index < -0.39 is 26.8 Å². The van der Waals surface area contributed by atoms with Crippen molar-refractivity contribution in [2.24, 2.45) is 23.7 Å². The number of hydrogen-bond donors (Lipinski definition) is 2. The summed E-state index contributed by atoms with van der Waals surface area (Å²) in [5.74, 6) is 6.90. The zero-order valence-corrected chi connectivity index (χ0v) is 30.7. The zero-order chi connectivity index (χ0) is 35.1. The molecule has 2 aromatic carbocycles. The van der Waals surface area contributed by atoms with Crippen LogP contribution < -0.4 is 14.4 Å². The highest BCUT2D eigenvalue weighted by atomic mass is 35.5. The van der Waals surface area contributed by atoms with E-state index in [2.05, 4.69) is 33.6 Å². The summed E-state index contributed by atoms with van der Waals surface area (Å²) in [6.45, 7) is 6.75. The normalized spacial score (nSPS) is 33.3. The Bertz CT molecular complexity index is 1810. The Balaban J connectivity index is 1.29. The van der Waals surface area contributed by atoms with Gasteiger partial charge in [-0.15, -0.1) is 0 Å². The lowest BCUT2D eigenvalue weighted by molar-refractivity contribution is -0.00331. The van der Waals surface area contributed by atoms with Gasteiger partial charge in [0.15, 0.2) is 0 Å². The number of sulfonamides is 1. The minimum Gasteiger partial charge on any atom is -0.490 e. The summed E-state index contributed by atoms with van der Waals surface area (Å²) >= 11 is 6.45. The van der Waals surface area contributed by atoms with Gasteiger partial charge in [0.1, 0.15) is 11.4 Å². The third-order valence-corrected chi connectivity index (χ3v) is 14.3. The summed E-state index contributed by atoms with van der Waals surface area (Å²) in [6.07, 6.45) is 11.5. The second-order valence-electron chi connectivity index (χ2n) is 15.4. The molecule has 2 N–H and O–H groups in total. The van der Waals surface area contributed by atoms with Crippen LogP contribution in [-0.2, 0) is 26.6 Å². The number of anilines is 1. The van der Waals surface area contributed by atoms with Gasteiger partial charge >= 0.3 is 0 Å². The molecule has 8 nitrogen and oxygen atoms in total. The van der Waals surface area contributed by atoms with E-state index in [1.807, 2.05) is 25.1 Å². The lowest BCUT2D eigenvalue weighted by Gasteiger charge is -2.47. The number of aliphatic hydroxyl groups is 1. The third-order valence-electron chi connectivity index (χ3n) is 12.2. The molecular formula is C40H49ClN2O6S. The number of nitrogens with one attached hydrogen (secondary N) is 1. The number of nitrogens with zero attached hydrogens (tertiary/aromatic N) is 1. The van der Waals surface area contributed by atoms with Crippen LogP contribution in [0.4, 0.5) is 5.69 Å². The number of carbonyl (C=O) groups excluding carboxylic acids is 1. The SMILES string of the molecule is C[C@@H]1[C@@H](C)C/C=C\[C@@](O)(C#CCC2CCOCC2)[C@@H]2CC[C@H]2CN2C[C@@]3(CCCc4cc(Cl)ccc43)COc3ccc(cc32)C(=O)NS1(=O)=O. The molecule has 2 aliphatic carbocycles. The van der Waals surface area contributed by atoms with Crippen LogP contribution in [0.15, 0.2) is 48.6 Å². The molecule has 1 amide bonds. The number of benzene rings is 2. The lowest BCUT2D eigenvalue weighted by atomic mass is 9.64. The minimum atomic E-state index is -3.99. The average molecular weight is 721 g/mol. The van der Waals surface area contributed by atoms with E-state index in [1.165, 1.54) is 11.1 Å². The Morgan fingerprint density at radius 2 is 1.92 bits per heavy atom. The van der Waals surface area contributed by atoms with Gasteiger partial charge in [-0.25, -0.2) is 13.1 Å². The molecule has 1 saturated heterocycles. The third kappa shape index (κ3) is 7.06. The standard InChI is InChI=1S/C40H49ClN2O6S/c1-27-6-3-18-40(45,19-4-7-29-15-20-48-21-16-29)35-12-9-32(35)24-43-25-39(17-5-8-30-22-33(41)11-13-34(30)39)26-49-37-14-10-31(23-36(37)43)38(44)42-50(46,47)28(27)2/h3,10-11,13-14,18,22-23,27-29,32,35,45H,5-9,12,15-17,20-21,24-26H2,1-2H3,(H,42,44)/b18-3-/t27-,28+,32-,35+,39-,40+/m0/s1. The van der Waals surface area contributed by atoms with E-state index in [0.29, 0.717) is 44.2 Å². The molecule has 5 aliphatic rings. The first-order valence-electron chi connectivity index (χ1n) is 18.3. The van der Waals surface area contributed by atoms with Gasteiger partial charge in [-0.05, 0) is 124 Å². The van der Waals surface area contributed by atoms with Crippen LogP contribution in [0.3, 0.4) is 0 Å². The number of carbonyl (C=O) groups is 1. The van der Waals surface area contributed by atoms with E-state index in [9.17, 15) is 18.3 Å². The maximum atomic E-state index is 13.5. The number of halogens is 1. The van der Waals surface area contributed by atoms with Gasteiger partial charge in [0.05, 0.1) is 17.5 Å². The summed E-state index contributed by atoms with van der Waals surface area (Å²) in [7, 11) is -3.99. The molecule has 3 heterocycles. The summed E-state index contributed by atoms with van der Waals surface area (Å²) in [4.78, 5) is 15.9. The van der Waals surface area contributed by atoms with E-state index in [1.54, 1.807) is 25.1 Å². The summed E-state index contributed by atoms with van der Waals surface area (Å²) < 4.78 is 41.4. The second kappa shape index (κ2) is 14.2. The van der Waals surface area contributed by atoms with Crippen molar-refractivity contribution in [1.82, 2.24) is 4.72 Å². The van der Waals surface area contributed by atoms with Gasteiger partial charge in [0.2, 0.25) is 10.0 Å². The first kappa shape index (κ1) is 35.4. The molecule has 0 aromatic heterocycles. The average Bonchev–Trinajstić information content (AvgIpc) is 3.22. The molecular weight excluding hydrogens is 672 g/mol.